The van der Waals surface area contributed by atoms with E-state index in [1.807, 2.05) is 18.2 Å². The molecule has 0 amide bonds. The average Bonchev–Trinajstić information content (AvgIpc) is 2.70. The van der Waals surface area contributed by atoms with E-state index in [0.717, 1.165) is 32.0 Å². The first kappa shape index (κ1) is 19.3. The molecule has 0 atom stereocenters. The van der Waals surface area contributed by atoms with Gasteiger partial charge in [-0.15, -0.1) is 0 Å². The van der Waals surface area contributed by atoms with Gasteiger partial charge in [-0.3, -0.25) is 4.90 Å². The quantitative estimate of drug-likeness (QED) is 0.684. The third-order valence-corrected chi connectivity index (χ3v) is 5.31. The lowest BCUT2D eigenvalue weighted by molar-refractivity contribution is 0.136. The third-order valence-electron chi connectivity index (χ3n) is 5.31. The van der Waals surface area contributed by atoms with Crippen molar-refractivity contribution in [2.45, 2.75) is 19.4 Å². The molecule has 152 valence electrons. The molecule has 2 heterocycles. The maximum atomic E-state index is 13.9. The molecule has 1 aliphatic heterocycles. The van der Waals surface area contributed by atoms with E-state index in [4.69, 9.17) is 16.2 Å². The van der Waals surface area contributed by atoms with Gasteiger partial charge in [0.2, 0.25) is 5.95 Å². The number of ether oxygens (including phenoxy) is 1. The van der Waals surface area contributed by atoms with Gasteiger partial charge in [0.1, 0.15) is 23.2 Å². The normalized spacial score (nSPS) is 15.7. The van der Waals surface area contributed by atoms with Crippen molar-refractivity contribution in [2.75, 3.05) is 31.2 Å². The summed E-state index contributed by atoms with van der Waals surface area (Å²) in [5.41, 5.74) is 12.7. The van der Waals surface area contributed by atoms with E-state index in [-0.39, 0.29) is 11.8 Å². The Hall–Kier alpha value is -3.00. The van der Waals surface area contributed by atoms with E-state index in [9.17, 15) is 8.78 Å². The van der Waals surface area contributed by atoms with Gasteiger partial charge in [-0.2, -0.15) is 4.98 Å². The molecule has 3 aromatic rings. The maximum absolute atomic E-state index is 13.9. The summed E-state index contributed by atoms with van der Waals surface area (Å²) in [5.74, 6) is 0.668. The molecule has 0 radical (unpaired) electrons. The molecule has 1 aliphatic rings. The van der Waals surface area contributed by atoms with Crippen LogP contribution in [0.1, 0.15) is 18.4 Å². The van der Waals surface area contributed by atoms with Gasteiger partial charge in [0, 0.05) is 12.1 Å². The summed E-state index contributed by atoms with van der Waals surface area (Å²) in [6.07, 6.45) is 1.83. The lowest BCUT2D eigenvalue weighted by Crippen LogP contribution is -2.35. The van der Waals surface area contributed by atoms with Crippen molar-refractivity contribution in [3.05, 3.63) is 53.6 Å². The zero-order chi connectivity index (χ0) is 20.4. The summed E-state index contributed by atoms with van der Waals surface area (Å²) in [7, 11) is 0. The topological polar surface area (TPSA) is 90.3 Å². The Balaban J connectivity index is 1.35. The number of nitrogens with zero attached hydrogens (tertiary/aromatic N) is 3. The Bertz CT molecular complexity index is 1020. The molecule has 0 saturated carbocycles. The summed E-state index contributed by atoms with van der Waals surface area (Å²) in [6, 6.07) is 9.10. The average molecular weight is 399 g/mol. The van der Waals surface area contributed by atoms with Crippen LogP contribution in [-0.2, 0) is 6.54 Å². The maximum Gasteiger partial charge on any atom is 0.222 e. The molecule has 0 unspecified atom stereocenters. The summed E-state index contributed by atoms with van der Waals surface area (Å²) < 4.78 is 33.3. The minimum atomic E-state index is -0.412. The number of rotatable bonds is 5. The largest absolute Gasteiger partial charge is 0.492 e. The first-order valence-corrected chi connectivity index (χ1v) is 9.60. The molecule has 4 N–H and O–H groups in total. The molecule has 0 spiro atoms. The molecular formula is C21H23F2N5O. The van der Waals surface area contributed by atoms with E-state index in [0.29, 0.717) is 47.1 Å². The highest BCUT2D eigenvalue weighted by Crippen LogP contribution is 2.30. The summed E-state index contributed by atoms with van der Waals surface area (Å²) in [6.45, 7) is 2.57. The predicted octanol–water partition coefficient (Wildman–Crippen LogP) is 3.36. The Morgan fingerprint density at radius 2 is 1.86 bits per heavy atom. The first-order valence-electron chi connectivity index (χ1n) is 9.60. The number of nitrogen functional groups attached to an aromatic ring is 2. The molecule has 1 aromatic heterocycles. The molecule has 1 saturated heterocycles. The highest BCUT2D eigenvalue weighted by molar-refractivity contribution is 5.94. The molecule has 2 aromatic carbocycles. The lowest BCUT2D eigenvalue weighted by atomic mass is 9.97. The minimum Gasteiger partial charge on any atom is -0.492 e. The van der Waals surface area contributed by atoms with E-state index in [2.05, 4.69) is 14.9 Å². The van der Waals surface area contributed by atoms with Crippen LogP contribution in [0, 0.1) is 17.6 Å². The second-order valence-corrected chi connectivity index (χ2v) is 7.38. The predicted molar refractivity (Wildman–Crippen MR) is 108 cm³/mol. The number of anilines is 2. The second kappa shape index (κ2) is 8.16. The van der Waals surface area contributed by atoms with Crippen LogP contribution < -0.4 is 16.2 Å². The van der Waals surface area contributed by atoms with Crippen LogP contribution in [0.5, 0.6) is 5.75 Å². The Morgan fingerprint density at radius 3 is 2.66 bits per heavy atom. The standard InChI is InChI=1S/C21H23F2N5O/c22-15-4-5-16(23)14(10-15)11-28-8-6-13(7-9-28)12-29-18-3-1-2-17-19(18)20(24)27-21(25)26-17/h1-5,10,13H,6-9,11-12H2,(H4,24,25,26,27). The van der Waals surface area contributed by atoms with Gasteiger partial charge in [0.15, 0.2) is 0 Å². The van der Waals surface area contributed by atoms with Crippen LogP contribution in [0.25, 0.3) is 10.9 Å². The molecule has 6 nitrogen and oxygen atoms in total. The molecule has 0 bridgehead atoms. The van der Waals surface area contributed by atoms with E-state index < -0.39 is 5.82 Å². The van der Waals surface area contributed by atoms with Gasteiger partial charge >= 0.3 is 0 Å². The molecular weight excluding hydrogens is 376 g/mol. The highest BCUT2D eigenvalue weighted by Gasteiger charge is 2.21. The monoisotopic (exact) mass is 399 g/mol. The van der Waals surface area contributed by atoms with Gasteiger partial charge in [-0.25, -0.2) is 13.8 Å². The zero-order valence-corrected chi connectivity index (χ0v) is 15.9. The van der Waals surface area contributed by atoms with Crippen LogP contribution >= 0.6 is 0 Å². The lowest BCUT2D eigenvalue weighted by Gasteiger charge is -2.32. The van der Waals surface area contributed by atoms with Gasteiger partial charge in [0.25, 0.3) is 0 Å². The number of piperidine rings is 1. The minimum absolute atomic E-state index is 0.134. The van der Waals surface area contributed by atoms with Crippen molar-refractivity contribution >= 4 is 22.7 Å². The fraction of sp³-hybridized carbons (Fsp3) is 0.333. The Kier molecular flexibility index (Phi) is 5.44. The summed E-state index contributed by atoms with van der Waals surface area (Å²) in [5, 5.41) is 0.667. The smallest absolute Gasteiger partial charge is 0.222 e. The zero-order valence-electron chi connectivity index (χ0n) is 15.9. The Labute approximate surface area is 167 Å². The summed E-state index contributed by atoms with van der Waals surface area (Å²) in [4.78, 5) is 10.4. The second-order valence-electron chi connectivity index (χ2n) is 7.38. The van der Waals surface area contributed by atoms with Crippen LogP contribution in [-0.4, -0.2) is 34.6 Å². The van der Waals surface area contributed by atoms with E-state index in [1.54, 1.807) is 0 Å². The number of fused-ring (bicyclic) bond motifs is 1. The first-order chi connectivity index (χ1) is 14.0. The number of likely N-dealkylation sites (tertiary alicyclic amines) is 1. The molecule has 8 heteroatoms. The van der Waals surface area contributed by atoms with Gasteiger partial charge in [-0.05, 0) is 62.2 Å². The molecule has 0 aliphatic carbocycles. The number of halogens is 2. The van der Waals surface area contributed by atoms with E-state index >= 15 is 0 Å². The van der Waals surface area contributed by atoms with Crippen molar-refractivity contribution in [3.63, 3.8) is 0 Å². The van der Waals surface area contributed by atoms with Crippen LogP contribution in [0.2, 0.25) is 0 Å². The fourth-order valence-corrected chi connectivity index (χ4v) is 3.74. The van der Waals surface area contributed by atoms with Crippen molar-refractivity contribution in [1.82, 2.24) is 14.9 Å². The number of aromatic nitrogens is 2. The van der Waals surface area contributed by atoms with Crippen molar-refractivity contribution in [3.8, 4) is 5.75 Å². The summed E-state index contributed by atoms with van der Waals surface area (Å²) >= 11 is 0. The molecule has 29 heavy (non-hydrogen) atoms. The van der Waals surface area contributed by atoms with Crippen molar-refractivity contribution in [2.24, 2.45) is 5.92 Å². The SMILES string of the molecule is Nc1nc(N)c2c(OCC3CCN(Cc4cc(F)ccc4F)CC3)cccc2n1. The number of nitrogens with two attached hydrogens (primary N) is 2. The Morgan fingerprint density at radius 1 is 1.07 bits per heavy atom. The highest BCUT2D eigenvalue weighted by atomic mass is 19.1. The van der Waals surface area contributed by atoms with E-state index in [1.165, 1.54) is 12.1 Å². The van der Waals surface area contributed by atoms with Gasteiger partial charge in [-0.1, -0.05) is 6.07 Å². The van der Waals surface area contributed by atoms with Crippen LogP contribution in [0.4, 0.5) is 20.5 Å². The fourth-order valence-electron chi connectivity index (χ4n) is 3.74. The number of benzene rings is 2. The number of hydrogen-bond donors (Lipinski definition) is 2. The van der Waals surface area contributed by atoms with Gasteiger partial charge < -0.3 is 16.2 Å². The van der Waals surface area contributed by atoms with Crippen molar-refractivity contribution in [1.29, 1.82) is 0 Å². The number of hydrogen-bond acceptors (Lipinski definition) is 6. The molecule has 4 rings (SSSR count). The molecule has 1 fully saturated rings. The van der Waals surface area contributed by atoms with Crippen LogP contribution in [0.15, 0.2) is 36.4 Å². The third kappa shape index (κ3) is 4.37. The van der Waals surface area contributed by atoms with Crippen molar-refractivity contribution < 1.29 is 13.5 Å². The van der Waals surface area contributed by atoms with Crippen LogP contribution in [0.3, 0.4) is 0 Å². The van der Waals surface area contributed by atoms with Gasteiger partial charge in [0.05, 0.1) is 17.5 Å².